The van der Waals surface area contributed by atoms with Gasteiger partial charge in [0, 0.05) is 80.4 Å². The number of benzene rings is 2. The summed E-state index contributed by atoms with van der Waals surface area (Å²) in [6.45, 7) is 5.63. The standard InChI is InChI=1S/C27H29N5O2S/c33-26(21-8-9-24-20(17-21)5-4-11-32(24)22-6-2-1-3-7-22)31-18-23(19-31)29-12-14-30(15-13-29)27(34)25-28-10-16-35-25/h1-3,6-10,16-17,23H,4-5,11-15,18-19H2. The lowest BCUT2D eigenvalue weighted by Crippen LogP contribution is -2.64. The first-order chi connectivity index (χ1) is 17.2. The fourth-order valence-corrected chi connectivity index (χ4v) is 6.00. The number of piperazine rings is 1. The number of anilines is 2. The normalized spacial score (nSPS) is 18.8. The van der Waals surface area contributed by atoms with Crippen LogP contribution in [0.25, 0.3) is 0 Å². The number of likely N-dealkylation sites (tertiary alicyclic amines) is 1. The molecule has 180 valence electrons. The van der Waals surface area contributed by atoms with Gasteiger partial charge in [-0.3, -0.25) is 14.5 Å². The van der Waals surface area contributed by atoms with Gasteiger partial charge in [0.2, 0.25) is 0 Å². The Kier molecular flexibility index (Phi) is 6.00. The van der Waals surface area contributed by atoms with E-state index in [1.165, 1.54) is 28.3 Å². The maximum absolute atomic E-state index is 13.2. The fraction of sp³-hybridized carbons (Fsp3) is 0.370. The quantitative estimate of drug-likeness (QED) is 0.564. The van der Waals surface area contributed by atoms with E-state index in [2.05, 4.69) is 51.2 Å². The van der Waals surface area contributed by atoms with Crippen LogP contribution >= 0.6 is 11.3 Å². The van der Waals surface area contributed by atoms with Gasteiger partial charge in [0.15, 0.2) is 5.01 Å². The number of aromatic nitrogens is 1. The number of hydrogen-bond acceptors (Lipinski definition) is 6. The number of para-hydroxylation sites is 1. The van der Waals surface area contributed by atoms with E-state index in [0.717, 1.165) is 51.1 Å². The van der Waals surface area contributed by atoms with E-state index in [-0.39, 0.29) is 11.8 Å². The molecule has 0 aliphatic carbocycles. The summed E-state index contributed by atoms with van der Waals surface area (Å²) in [5.41, 5.74) is 4.46. The Morgan fingerprint density at radius 3 is 2.43 bits per heavy atom. The van der Waals surface area contributed by atoms with Crippen molar-refractivity contribution in [1.29, 1.82) is 0 Å². The Morgan fingerprint density at radius 1 is 0.886 bits per heavy atom. The molecule has 6 rings (SSSR count). The van der Waals surface area contributed by atoms with E-state index in [1.54, 1.807) is 6.20 Å². The molecule has 0 bridgehead atoms. The Labute approximate surface area is 209 Å². The van der Waals surface area contributed by atoms with Gasteiger partial charge in [-0.2, -0.15) is 0 Å². The summed E-state index contributed by atoms with van der Waals surface area (Å²) in [4.78, 5) is 38.5. The largest absolute Gasteiger partial charge is 0.341 e. The molecular weight excluding hydrogens is 458 g/mol. The number of rotatable bonds is 4. The van der Waals surface area contributed by atoms with E-state index in [9.17, 15) is 9.59 Å². The Balaban J connectivity index is 1.05. The van der Waals surface area contributed by atoms with Gasteiger partial charge in [-0.15, -0.1) is 11.3 Å². The Hall–Kier alpha value is -3.23. The highest BCUT2D eigenvalue weighted by Gasteiger charge is 2.37. The molecule has 4 heterocycles. The molecule has 35 heavy (non-hydrogen) atoms. The number of fused-ring (bicyclic) bond motifs is 1. The zero-order valence-corrected chi connectivity index (χ0v) is 20.5. The summed E-state index contributed by atoms with van der Waals surface area (Å²) in [5, 5.41) is 2.40. The molecule has 1 aromatic heterocycles. The molecule has 2 saturated heterocycles. The molecule has 7 nitrogen and oxygen atoms in total. The zero-order chi connectivity index (χ0) is 23.8. The summed E-state index contributed by atoms with van der Waals surface area (Å²) >= 11 is 1.39. The number of hydrogen-bond donors (Lipinski definition) is 0. The van der Waals surface area contributed by atoms with Crippen LogP contribution in [0, 0.1) is 0 Å². The van der Waals surface area contributed by atoms with Crippen molar-refractivity contribution in [2.24, 2.45) is 0 Å². The van der Waals surface area contributed by atoms with Crippen LogP contribution in [0.15, 0.2) is 60.1 Å². The van der Waals surface area contributed by atoms with Crippen LogP contribution in [0.1, 0.15) is 32.1 Å². The number of nitrogens with zero attached hydrogens (tertiary/aromatic N) is 5. The average Bonchev–Trinajstić information content (AvgIpc) is 3.43. The molecule has 2 fully saturated rings. The molecule has 0 N–H and O–H groups in total. The highest BCUT2D eigenvalue weighted by molar-refractivity contribution is 7.11. The molecule has 0 saturated carbocycles. The second-order valence-electron chi connectivity index (χ2n) is 9.46. The number of amides is 2. The maximum Gasteiger partial charge on any atom is 0.282 e. The molecule has 3 aliphatic heterocycles. The third kappa shape index (κ3) is 4.32. The minimum atomic E-state index is 0.0308. The number of thiazole rings is 1. The van der Waals surface area contributed by atoms with Gasteiger partial charge in [-0.25, -0.2) is 4.98 Å². The second kappa shape index (κ2) is 9.43. The monoisotopic (exact) mass is 487 g/mol. The smallest absolute Gasteiger partial charge is 0.282 e. The maximum atomic E-state index is 13.2. The summed E-state index contributed by atoms with van der Waals surface area (Å²) < 4.78 is 0. The van der Waals surface area contributed by atoms with E-state index in [4.69, 9.17) is 0 Å². The first-order valence-electron chi connectivity index (χ1n) is 12.3. The Bertz CT molecular complexity index is 1200. The second-order valence-corrected chi connectivity index (χ2v) is 10.4. The lowest BCUT2D eigenvalue weighted by molar-refractivity contribution is 0.00853. The van der Waals surface area contributed by atoms with Gasteiger partial charge in [-0.1, -0.05) is 18.2 Å². The predicted octanol–water partition coefficient (Wildman–Crippen LogP) is 3.51. The predicted molar refractivity (Wildman–Crippen MR) is 137 cm³/mol. The average molecular weight is 488 g/mol. The van der Waals surface area contributed by atoms with Crippen LogP contribution in [-0.2, 0) is 6.42 Å². The van der Waals surface area contributed by atoms with Crippen molar-refractivity contribution in [1.82, 2.24) is 19.7 Å². The van der Waals surface area contributed by atoms with Crippen molar-refractivity contribution in [2.45, 2.75) is 18.9 Å². The highest BCUT2D eigenvalue weighted by Crippen LogP contribution is 2.34. The van der Waals surface area contributed by atoms with E-state index < -0.39 is 0 Å². The first-order valence-corrected chi connectivity index (χ1v) is 13.2. The first kappa shape index (κ1) is 22.2. The van der Waals surface area contributed by atoms with Crippen LogP contribution < -0.4 is 4.90 Å². The molecular formula is C27H29N5O2S. The van der Waals surface area contributed by atoms with E-state index in [0.29, 0.717) is 24.1 Å². The molecule has 3 aliphatic rings. The van der Waals surface area contributed by atoms with Gasteiger partial charge in [0.05, 0.1) is 0 Å². The van der Waals surface area contributed by atoms with Crippen molar-refractivity contribution in [3.05, 3.63) is 76.2 Å². The molecule has 0 atom stereocenters. The minimum absolute atomic E-state index is 0.0308. The van der Waals surface area contributed by atoms with Crippen LogP contribution in [-0.4, -0.2) is 83.4 Å². The minimum Gasteiger partial charge on any atom is -0.341 e. The molecule has 2 amide bonds. The third-order valence-electron chi connectivity index (χ3n) is 7.40. The Morgan fingerprint density at radius 2 is 1.69 bits per heavy atom. The van der Waals surface area contributed by atoms with Gasteiger partial charge in [0.25, 0.3) is 11.8 Å². The number of aryl methyl sites for hydroxylation is 1. The fourth-order valence-electron chi connectivity index (χ4n) is 5.40. The van der Waals surface area contributed by atoms with Crippen molar-refractivity contribution < 1.29 is 9.59 Å². The van der Waals surface area contributed by atoms with Crippen molar-refractivity contribution in [2.75, 3.05) is 50.7 Å². The van der Waals surface area contributed by atoms with Crippen LogP contribution in [0.4, 0.5) is 11.4 Å². The lowest BCUT2D eigenvalue weighted by atomic mass is 9.97. The van der Waals surface area contributed by atoms with Gasteiger partial charge in [-0.05, 0) is 48.7 Å². The van der Waals surface area contributed by atoms with Crippen molar-refractivity contribution >= 4 is 34.5 Å². The molecule has 0 radical (unpaired) electrons. The van der Waals surface area contributed by atoms with E-state index >= 15 is 0 Å². The molecule has 2 aromatic carbocycles. The summed E-state index contributed by atoms with van der Waals surface area (Å²) in [5.74, 6) is 0.154. The molecule has 8 heteroatoms. The van der Waals surface area contributed by atoms with Crippen molar-refractivity contribution in [3.63, 3.8) is 0 Å². The lowest BCUT2D eigenvalue weighted by Gasteiger charge is -2.48. The summed E-state index contributed by atoms with van der Waals surface area (Å²) in [6.07, 6.45) is 3.77. The van der Waals surface area contributed by atoms with Crippen molar-refractivity contribution in [3.8, 4) is 0 Å². The third-order valence-corrected chi connectivity index (χ3v) is 8.16. The molecule has 0 unspecified atom stereocenters. The molecule has 3 aromatic rings. The number of carbonyl (C=O) groups excluding carboxylic acids is 2. The van der Waals surface area contributed by atoms with Gasteiger partial charge >= 0.3 is 0 Å². The van der Waals surface area contributed by atoms with Gasteiger partial charge in [0.1, 0.15) is 0 Å². The van der Waals surface area contributed by atoms with Crippen LogP contribution in [0.2, 0.25) is 0 Å². The van der Waals surface area contributed by atoms with Crippen LogP contribution in [0.5, 0.6) is 0 Å². The number of carbonyl (C=O) groups is 2. The summed E-state index contributed by atoms with van der Waals surface area (Å²) in [7, 11) is 0. The summed E-state index contributed by atoms with van der Waals surface area (Å²) in [6, 6.07) is 17.0. The highest BCUT2D eigenvalue weighted by atomic mass is 32.1. The van der Waals surface area contributed by atoms with E-state index in [1.807, 2.05) is 27.3 Å². The van der Waals surface area contributed by atoms with Crippen LogP contribution in [0.3, 0.4) is 0 Å². The zero-order valence-electron chi connectivity index (χ0n) is 19.7. The van der Waals surface area contributed by atoms with Gasteiger partial charge < -0.3 is 14.7 Å². The molecule has 0 spiro atoms. The SMILES string of the molecule is O=C(c1ccc2c(c1)CCCN2c1ccccc1)N1CC(N2CCN(C(=O)c3nccs3)CC2)C1. The topological polar surface area (TPSA) is 60.0 Å².